The number of rotatable bonds is 2. The first kappa shape index (κ1) is 9.39. The quantitative estimate of drug-likeness (QED) is 0.558. The van der Waals surface area contributed by atoms with Crippen LogP contribution in [0.5, 0.6) is 0 Å². The minimum Gasteiger partial charge on any atom is -0.384 e. The van der Waals surface area contributed by atoms with Crippen LogP contribution in [0.25, 0.3) is 5.82 Å². The fourth-order valence-corrected chi connectivity index (χ4v) is 1.33. The van der Waals surface area contributed by atoms with E-state index < -0.39 is 0 Å². The number of nitrogen functional groups attached to an aromatic ring is 1. The Balaban J connectivity index is 2.54. The normalized spacial score (nSPS) is 10.2. The SMILES string of the molecule is Cc1cc(C(=N)N)cc(-n2cccn2)n1. The molecule has 0 atom stereocenters. The van der Waals surface area contributed by atoms with Gasteiger partial charge in [0.15, 0.2) is 5.82 Å². The molecule has 2 rings (SSSR count). The van der Waals surface area contributed by atoms with Crippen molar-refractivity contribution in [1.82, 2.24) is 14.8 Å². The maximum Gasteiger partial charge on any atom is 0.154 e. The van der Waals surface area contributed by atoms with Gasteiger partial charge in [-0.25, -0.2) is 9.67 Å². The molecule has 0 aliphatic carbocycles. The molecule has 5 nitrogen and oxygen atoms in total. The van der Waals surface area contributed by atoms with Crippen LogP contribution in [-0.4, -0.2) is 20.6 Å². The van der Waals surface area contributed by atoms with E-state index in [0.717, 1.165) is 5.69 Å². The summed E-state index contributed by atoms with van der Waals surface area (Å²) in [4.78, 5) is 4.31. The van der Waals surface area contributed by atoms with Crippen LogP contribution in [0.2, 0.25) is 0 Å². The first-order valence-corrected chi connectivity index (χ1v) is 4.50. The lowest BCUT2D eigenvalue weighted by atomic mass is 10.2. The van der Waals surface area contributed by atoms with Gasteiger partial charge < -0.3 is 5.73 Å². The van der Waals surface area contributed by atoms with Crippen molar-refractivity contribution < 1.29 is 0 Å². The number of aromatic nitrogens is 3. The fourth-order valence-electron chi connectivity index (χ4n) is 1.33. The Morgan fingerprint density at radius 3 is 2.87 bits per heavy atom. The molecule has 0 spiro atoms. The van der Waals surface area contributed by atoms with Gasteiger partial charge in [0.2, 0.25) is 0 Å². The van der Waals surface area contributed by atoms with Crippen molar-refractivity contribution in [3.63, 3.8) is 0 Å². The molecule has 3 N–H and O–H groups in total. The Hall–Kier alpha value is -2.17. The van der Waals surface area contributed by atoms with Gasteiger partial charge in [-0.05, 0) is 25.1 Å². The number of nitrogens with zero attached hydrogens (tertiary/aromatic N) is 3. The number of hydrogen-bond acceptors (Lipinski definition) is 3. The average Bonchev–Trinajstić information content (AvgIpc) is 2.69. The molecule has 0 amide bonds. The number of amidine groups is 1. The van der Waals surface area contributed by atoms with Crippen LogP contribution in [0.4, 0.5) is 0 Å². The van der Waals surface area contributed by atoms with Gasteiger partial charge in [0.25, 0.3) is 0 Å². The molecule has 76 valence electrons. The molecule has 2 aromatic rings. The van der Waals surface area contributed by atoms with Gasteiger partial charge >= 0.3 is 0 Å². The number of pyridine rings is 1. The van der Waals surface area contributed by atoms with Crippen molar-refractivity contribution in [3.8, 4) is 5.82 Å². The third-order valence-corrected chi connectivity index (χ3v) is 1.99. The van der Waals surface area contributed by atoms with E-state index in [1.807, 2.05) is 13.0 Å². The minimum absolute atomic E-state index is 0.0360. The van der Waals surface area contributed by atoms with Crippen LogP contribution in [0.1, 0.15) is 11.3 Å². The van der Waals surface area contributed by atoms with Crippen LogP contribution in [0, 0.1) is 12.3 Å². The first-order chi connectivity index (χ1) is 7.16. The van der Waals surface area contributed by atoms with E-state index in [1.165, 1.54) is 0 Å². The van der Waals surface area contributed by atoms with Gasteiger partial charge in [0.1, 0.15) is 5.84 Å². The highest BCUT2D eigenvalue weighted by Crippen LogP contribution is 2.08. The molecular formula is C10H11N5. The zero-order valence-corrected chi connectivity index (χ0v) is 8.31. The van der Waals surface area contributed by atoms with Crippen molar-refractivity contribution in [3.05, 3.63) is 41.9 Å². The van der Waals surface area contributed by atoms with E-state index in [9.17, 15) is 0 Å². The van der Waals surface area contributed by atoms with Crippen LogP contribution >= 0.6 is 0 Å². The van der Waals surface area contributed by atoms with Gasteiger partial charge in [-0.3, -0.25) is 5.41 Å². The lowest BCUT2D eigenvalue weighted by molar-refractivity contribution is 0.840. The first-order valence-electron chi connectivity index (χ1n) is 4.50. The second-order valence-corrected chi connectivity index (χ2v) is 3.22. The third kappa shape index (κ3) is 1.85. The summed E-state index contributed by atoms with van der Waals surface area (Å²) in [6, 6.07) is 5.33. The Morgan fingerprint density at radius 1 is 1.47 bits per heavy atom. The molecule has 5 heteroatoms. The van der Waals surface area contributed by atoms with Crippen molar-refractivity contribution >= 4 is 5.84 Å². The highest BCUT2D eigenvalue weighted by molar-refractivity contribution is 5.95. The molecule has 0 aliphatic heterocycles. The lowest BCUT2D eigenvalue weighted by Gasteiger charge is -2.05. The van der Waals surface area contributed by atoms with Crippen LogP contribution < -0.4 is 5.73 Å². The summed E-state index contributed by atoms with van der Waals surface area (Å²) in [5.74, 6) is 0.708. The molecule has 2 aromatic heterocycles. The molecule has 0 saturated carbocycles. The summed E-state index contributed by atoms with van der Waals surface area (Å²) in [7, 11) is 0. The topological polar surface area (TPSA) is 80.6 Å². The standard InChI is InChI=1S/C10H11N5/c1-7-5-8(10(11)12)6-9(14-7)15-4-2-3-13-15/h2-6H,1H3,(H3,11,12). The number of nitrogens with two attached hydrogens (primary N) is 1. The highest BCUT2D eigenvalue weighted by atomic mass is 15.3. The Labute approximate surface area is 87.1 Å². The van der Waals surface area contributed by atoms with Gasteiger partial charge in [0, 0.05) is 23.7 Å². The van der Waals surface area contributed by atoms with Crippen molar-refractivity contribution in [2.75, 3.05) is 0 Å². The summed E-state index contributed by atoms with van der Waals surface area (Å²) < 4.78 is 1.64. The van der Waals surface area contributed by atoms with Crippen molar-refractivity contribution in [2.45, 2.75) is 6.92 Å². The molecule has 0 fully saturated rings. The summed E-state index contributed by atoms with van der Waals surface area (Å²) in [6.45, 7) is 1.86. The number of hydrogen-bond donors (Lipinski definition) is 2. The van der Waals surface area contributed by atoms with Crippen molar-refractivity contribution in [1.29, 1.82) is 5.41 Å². The van der Waals surface area contributed by atoms with Crippen molar-refractivity contribution in [2.24, 2.45) is 5.73 Å². The molecular weight excluding hydrogens is 190 g/mol. The Kier molecular flexibility index (Phi) is 2.21. The summed E-state index contributed by atoms with van der Waals surface area (Å²) in [6.07, 6.45) is 3.48. The predicted molar refractivity (Wildman–Crippen MR) is 57.1 cm³/mol. The Morgan fingerprint density at radius 2 is 2.27 bits per heavy atom. The summed E-state index contributed by atoms with van der Waals surface area (Å²) in [5.41, 5.74) is 6.90. The van der Waals surface area contributed by atoms with Gasteiger partial charge in [-0.15, -0.1) is 0 Å². The molecule has 0 unspecified atom stereocenters. The molecule has 0 aromatic carbocycles. The number of aryl methyl sites for hydroxylation is 1. The summed E-state index contributed by atoms with van der Waals surface area (Å²) >= 11 is 0. The molecule has 15 heavy (non-hydrogen) atoms. The van der Waals surface area contributed by atoms with E-state index in [0.29, 0.717) is 11.4 Å². The predicted octanol–water partition coefficient (Wildman–Crippen LogP) is 0.860. The fraction of sp³-hybridized carbons (Fsp3) is 0.100. The van der Waals surface area contributed by atoms with Crippen LogP contribution in [0.15, 0.2) is 30.6 Å². The second-order valence-electron chi connectivity index (χ2n) is 3.22. The molecule has 2 heterocycles. The monoisotopic (exact) mass is 201 g/mol. The summed E-state index contributed by atoms with van der Waals surface area (Å²) in [5, 5.41) is 11.4. The molecule has 0 saturated heterocycles. The van der Waals surface area contributed by atoms with Crippen LogP contribution in [-0.2, 0) is 0 Å². The van der Waals surface area contributed by atoms with E-state index in [4.69, 9.17) is 11.1 Å². The second kappa shape index (κ2) is 3.53. The van der Waals surface area contributed by atoms with E-state index in [1.54, 1.807) is 29.2 Å². The van der Waals surface area contributed by atoms with Crippen LogP contribution in [0.3, 0.4) is 0 Å². The van der Waals surface area contributed by atoms with E-state index in [-0.39, 0.29) is 5.84 Å². The molecule has 0 bridgehead atoms. The highest BCUT2D eigenvalue weighted by Gasteiger charge is 2.04. The maximum atomic E-state index is 7.37. The largest absolute Gasteiger partial charge is 0.384 e. The van der Waals surface area contributed by atoms with Gasteiger partial charge in [0.05, 0.1) is 0 Å². The zero-order chi connectivity index (χ0) is 10.8. The average molecular weight is 201 g/mol. The molecule has 0 radical (unpaired) electrons. The maximum absolute atomic E-state index is 7.37. The minimum atomic E-state index is 0.0360. The van der Waals surface area contributed by atoms with Gasteiger partial charge in [-0.1, -0.05) is 0 Å². The molecule has 0 aliphatic rings. The van der Waals surface area contributed by atoms with Gasteiger partial charge in [-0.2, -0.15) is 5.10 Å². The smallest absolute Gasteiger partial charge is 0.154 e. The van der Waals surface area contributed by atoms with E-state index in [2.05, 4.69) is 10.1 Å². The zero-order valence-electron chi connectivity index (χ0n) is 8.31. The Bertz CT molecular complexity index is 487. The van der Waals surface area contributed by atoms with E-state index >= 15 is 0 Å². The number of nitrogens with one attached hydrogen (secondary N) is 1. The third-order valence-electron chi connectivity index (χ3n) is 1.99. The lowest BCUT2D eigenvalue weighted by Crippen LogP contribution is -2.13.